The lowest BCUT2D eigenvalue weighted by molar-refractivity contribution is 0.0999. The van der Waals surface area contributed by atoms with Crippen molar-refractivity contribution in [2.75, 3.05) is 0 Å². The summed E-state index contributed by atoms with van der Waals surface area (Å²) in [6, 6.07) is 17.2. The highest BCUT2D eigenvalue weighted by atomic mass is 79.9. The van der Waals surface area contributed by atoms with Gasteiger partial charge in [0.1, 0.15) is 0 Å². The summed E-state index contributed by atoms with van der Waals surface area (Å²) in [5, 5.41) is 0.662. The second-order valence-corrected chi connectivity index (χ2v) is 6.90. The Bertz CT molecular complexity index is 868. The van der Waals surface area contributed by atoms with Crippen molar-refractivity contribution >= 4 is 33.6 Å². The molecule has 24 heavy (non-hydrogen) atoms. The van der Waals surface area contributed by atoms with E-state index in [2.05, 4.69) is 25.9 Å². The lowest BCUT2D eigenvalue weighted by atomic mass is 10.1. The van der Waals surface area contributed by atoms with E-state index in [9.17, 15) is 4.79 Å². The lowest BCUT2D eigenvalue weighted by Crippen LogP contribution is -2.13. The van der Waals surface area contributed by atoms with Gasteiger partial charge in [0.25, 0.3) is 0 Å². The van der Waals surface area contributed by atoms with Crippen LogP contribution in [0.5, 0.6) is 0 Å². The lowest BCUT2D eigenvalue weighted by Gasteiger charge is -2.07. The van der Waals surface area contributed by atoms with E-state index >= 15 is 0 Å². The molecule has 0 spiro atoms. The number of primary amides is 1. The zero-order valence-electron chi connectivity index (χ0n) is 12.6. The molecule has 0 fully saturated rings. The summed E-state index contributed by atoms with van der Waals surface area (Å²) in [4.78, 5) is 20.4. The number of aromatic nitrogens is 2. The number of carbonyl (C=O) groups excluding carboxylic acids is 1. The minimum absolute atomic E-state index is 0.421. The van der Waals surface area contributed by atoms with Gasteiger partial charge in [-0.25, -0.2) is 9.97 Å². The van der Waals surface area contributed by atoms with Crippen LogP contribution in [0.2, 0.25) is 0 Å². The molecular weight excluding hydrogens is 386 g/mol. The van der Waals surface area contributed by atoms with Crippen molar-refractivity contribution in [2.24, 2.45) is 5.73 Å². The minimum atomic E-state index is -0.421. The zero-order chi connectivity index (χ0) is 16.9. The predicted octanol–water partition coefficient (Wildman–Crippen LogP) is 4.30. The third-order valence-corrected chi connectivity index (χ3v) is 4.85. The molecule has 0 aliphatic heterocycles. The predicted molar refractivity (Wildman–Crippen MR) is 99.7 cm³/mol. The van der Waals surface area contributed by atoms with Gasteiger partial charge in [0.15, 0.2) is 5.16 Å². The molecule has 3 rings (SSSR count). The van der Waals surface area contributed by atoms with Crippen molar-refractivity contribution < 1.29 is 4.79 Å². The van der Waals surface area contributed by atoms with E-state index < -0.39 is 5.91 Å². The van der Waals surface area contributed by atoms with Gasteiger partial charge in [0, 0.05) is 27.5 Å². The van der Waals surface area contributed by atoms with Crippen molar-refractivity contribution in [3.63, 3.8) is 0 Å². The highest BCUT2D eigenvalue weighted by molar-refractivity contribution is 9.10. The average Bonchev–Trinajstić information content (AvgIpc) is 2.61. The molecule has 0 bridgehead atoms. The Balaban J connectivity index is 1.78. The van der Waals surface area contributed by atoms with Crippen molar-refractivity contribution in [2.45, 2.75) is 10.9 Å². The van der Waals surface area contributed by atoms with Crippen molar-refractivity contribution in [3.05, 3.63) is 76.4 Å². The molecule has 6 heteroatoms. The highest BCUT2D eigenvalue weighted by Crippen LogP contribution is 2.25. The molecule has 0 radical (unpaired) electrons. The van der Waals surface area contributed by atoms with E-state index in [0.717, 1.165) is 21.3 Å². The molecule has 0 saturated heterocycles. The standard InChI is InChI=1S/C18H14BrN3OS/c19-14-7-5-12(6-8-14)16-9-10-21-18(22-16)24-11-13-3-1-2-4-15(13)17(20)23/h1-10H,11H2,(H2,20,23). The third-order valence-electron chi connectivity index (χ3n) is 3.41. The number of benzene rings is 2. The van der Waals surface area contributed by atoms with Crippen LogP contribution in [0.1, 0.15) is 15.9 Å². The first kappa shape index (κ1) is 16.7. The summed E-state index contributed by atoms with van der Waals surface area (Å²) < 4.78 is 1.03. The minimum Gasteiger partial charge on any atom is -0.366 e. The number of nitrogens with zero attached hydrogens (tertiary/aromatic N) is 2. The molecule has 0 saturated carbocycles. The molecule has 0 aliphatic rings. The smallest absolute Gasteiger partial charge is 0.249 e. The number of rotatable bonds is 5. The molecule has 2 N–H and O–H groups in total. The summed E-state index contributed by atoms with van der Waals surface area (Å²) in [7, 11) is 0. The van der Waals surface area contributed by atoms with Gasteiger partial charge in [-0.1, -0.05) is 58.0 Å². The van der Waals surface area contributed by atoms with Gasteiger partial charge >= 0.3 is 0 Å². The van der Waals surface area contributed by atoms with Crippen LogP contribution >= 0.6 is 27.7 Å². The van der Waals surface area contributed by atoms with Gasteiger partial charge < -0.3 is 5.73 Å². The Hall–Kier alpha value is -2.18. The topological polar surface area (TPSA) is 68.9 Å². The Morgan fingerprint density at radius 1 is 1.08 bits per heavy atom. The van der Waals surface area contributed by atoms with Gasteiger partial charge in [-0.15, -0.1) is 0 Å². The summed E-state index contributed by atoms with van der Waals surface area (Å²) in [6.07, 6.45) is 1.74. The SMILES string of the molecule is NC(=O)c1ccccc1CSc1nccc(-c2ccc(Br)cc2)n1. The molecule has 120 valence electrons. The second kappa shape index (κ2) is 7.59. The molecule has 0 aliphatic carbocycles. The first-order valence-electron chi connectivity index (χ1n) is 7.23. The Kier molecular flexibility index (Phi) is 5.27. The van der Waals surface area contributed by atoms with E-state index in [1.54, 1.807) is 18.3 Å². The summed E-state index contributed by atoms with van der Waals surface area (Å²) in [5.74, 6) is 0.166. The Morgan fingerprint density at radius 2 is 1.83 bits per heavy atom. The van der Waals surface area contributed by atoms with Crippen LogP contribution in [0.3, 0.4) is 0 Å². The summed E-state index contributed by atoms with van der Waals surface area (Å²) >= 11 is 4.90. The van der Waals surface area contributed by atoms with Crippen LogP contribution in [-0.4, -0.2) is 15.9 Å². The fourth-order valence-electron chi connectivity index (χ4n) is 2.22. The fourth-order valence-corrected chi connectivity index (χ4v) is 3.32. The fraction of sp³-hybridized carbons (Fsp3) is 0.0556. The van der Waals surface area contributed by atoms with E-state index in [0.29, 0.717) is 16.5 Å². The number of hydrogen-bond acceptors (Lipinski definition) is 4. The summed E-state index contributed by atoms with van der Waals surface area (Å²) in [5.41, 5.74) is 8.72. The molecule has 1 amide bonds. The number of nitrogens with two attached hydrogens (primary N) is 1. The largest absolute Gasteiger partial charge is 0.366 e. The number of carbonyl (C=O) groups is 1. The molecule has 4 nitrogen and oxygen atoms in total. The van der Waals surface area contributed by atoms with Crippen LogP contribution in [-0.2, 0) is 5.75 Å². The van der Waals surface area contributed by atoms with Crippen LogP contribution < -0.4 is 5.73 Å². The maximum Gasteiger partial charge on any atom is 0.249 e. The van der Waals surface area contributed by atoms with Crippen molar-refractivity contribution in [3.8, 4) is 11.3 Å². The molecule has 3 aromatic rings. The highest BCUT2D eigenvalue weighted by Gasteiger charge is 2.09. The molecule has 2 aromatic carbocycles. The monoisotopic (exact) mass is 399 g/mol. The van der Waals surface area contributed by atoms with Gasteiger partial charge in [-0.2, -0.15) is 0 Å². The normalized spacial score (nSPS) is 10.5. The first-order valence-corrected chi connectivity index (χ1v) is 9.01. The van der Waals surface area contributed by atoms with Crippen LogP contribution in [0.4, 0.5) is 0 Å². The van der Waals surface area contributed by atoms with Crippen LogP contribution in [0.15, 0.2) is 70.4 Å². The zero-order valence-corrected chi connectivity index (χ0v) is 15.0. The van der Waals surface area contributed by atoms with E-state index in [1.165, 1.54) is 11.8 Å². The number of thioether (sulfide) groups is 1. The van der Waals surface area contributed by atoms with Gasteiger partial charge in [-0.3, -0.25) is 4.79 Å². The number of hydrogen-bond donors (Lipinski definition) is 1. The Morgan fingerprint density at radius 3 is 2.58 bits per heavy atom. The van der Waals surface area contributed by atoms with Gasteiger partial charge in [-0.05, 0) is 29.8 Å². The maximum absolute atomic E-state index is 11.5. The molecule has 0 unspecified atom stereocenters. The average molecular weight is 400 g/mol. The second-order valence-electron chi connectivity index (χ2n) is 5.04. The summed E-state index contributed by atoms with van der Waals surface area (Å²) in [6.45, 7) is 0. The molecule has 1 aromatic heterocycles. The Labute approximate surface area is 152 Å². The molecule has 1 heterocycles. The van der Waals surface area contributed by atoms with Gasteiger partial charge in [0.2, 0.25) is 5.91 Å². The molecular formula is C18H14BrN3OS. The van der Waals surface area contributed by atoms with Crippen LogP contribution in [0.25, 0.3) is 11.3 Å². The van der Waals surface area contributed by atoms with E-state index in [1.807, 2.05) is 42.5 Å². The maximum atomic E-state index is 11.5. The van der Waals surface area contributed by atoms with E-state index in [-0.39, 0.29) is 0 Å². The third kappa shape index (κ3) is 4.01. The first-order chi connectivity index (χ1) is 11.6. The number of halogens is 1. The molecule has 0 atom stereocenters. The van der Waals surface area contributed by atoms with Crippen molar-refractivity contribution in [1.82, 2.24) is 9.97 Å². The van der Waals surface area contributed by atoms with Gasteiger partial charge in [0.05, 0.1) is 5.69 Å². The van der Waals surface area contributed by atoms with Crippen molar-refractivity contribution in [1.29, 1.82) is 0 Å². The van der Waals surface area contributed by atoms with Crippen LogP contribution in [0, 0.1) is 0 Å². The quantitative estimate of drug-likeness (QED) is 0.512. The number of amides is 1. The van der Waals surface area contributed by atoms with E-state index in [4.69, 9.17) is 5.73 Å².